The molecule has 1 N–H and O–H groups in total. The summed E-state index contributed by atoms with van der Waals surface area (Å²) in [6.45, 7) is 2.97. The minimum absolute atomic E-state index is 0.0793. The number of hydrogen-bond acceptors (Lipinski definition) is 5. The van der Waals surface area contributed by atoms with Crippen LogP contribution in [-0.4, -0.2) is 29.7 Å². The van der Waals surface area contributed by atoms with Crippen molar-refractivity contribution in [2.45, 2.75) is 26.2 Å². The molecule has 1 fully saturated rings. The maximum Gasteiger partial charge on any atom is 0.293 e. The first kappa shape index (κ1) is 18.6. The van der Waals surface area contributed by atoms with Crippen molar-refractivity contribution in [1.82, 2.24) is 0 Å². The summed E-state index contributed by atoms with van der Waals surface area (Å²) in [4.78, 5) is 37.4. The molecular formula is C20H21N3O4. The summed E-state index contributed by atoms with van der Waals surface area (Å²) < 4.78 is 0. The summed E-state index contributed by atoms with van der Waals surface area (Å²) in [5.41, 5.74) is 1.42. The van der Waals surface area contributed by atoms with Gasteiger partial charge in [0, 0.05) is 30.3 Å². The van der Waals surface area contributed by atoms with Crippen molar-refractivity contribution in [2.24, 2.45) is 0 Å². The van der Waals surface area contributed by atoms with Crippen LogP contribution in [0, 0.1) is 10.1 Å². The number of amides is 1. The average Bonchev–Trinajstić information content (AvgIpc) is 2.68. The summed E-state index contributed by atoms with van der Waals surface area (Å²) in [6, 6.07) is 11.2. The molecule has 0 unspecified atom stereocenters. The number of ketones is 1. The Bertz CT molecular complexity index is 889. The highest BCUT2D eigenvalue weighted by Gasteiger charge is 2.23. The molecule has 1 amide bonds. The third-order valence-corrected chi connectivity index (χ3v) is 4.69. The van der Waals surface area contributed by atoms with Gasteiger partial charge in [-0.15, -0.1) is 0 Å². The molecule has 3 rings (SSSR count). The minimum Gasteiger partial charge on any atom is -0.366 e. The number of nitro benzene ring substituents is 1. The number of anilines is 2. The predicted octanol–water partition coefficient (Wildman–Crippen LogP) is 4.04. The lowest BCUT2D eigenvalue weighted by Gasteiger charge is -2.28. The zero-order valence-corrected chi connectivity index (χ0v) is 15.1. The highest BCUT2D eigenvalue weighted by atomic mass is 16.6. The summed E-state index contributed by atoms with van der Waals surface area (Å²) in [5.74, 6) is -0.658. The molecule has 0 aromatic heterocycles. The Morgan fingerprint density at radius 1 is 1.07 bits per heavy atom. The van der Waals surface area contributed by atoms with Crippen LogP contribution in [0.1, 0.15) is 46.9 Å². The van der Waals surface area contributed by atoms with Crippen LogP contribution < -0.4 is 10.2 Å². The van der Waals surface area contributed by atoms with E-state index in [1.807, 2.05) is 4.90 Å². The highest BCUT2D eigenvalue weighted by Crippen LogP contribution is 2.31. The van der Waals surface area contributed by atoms with Gasteiger partial charge in [-0.05, 0) is 50.5 Å². The van der Waals surface area contributed by atoms with Crippen molar-refractivity contribution in [3.8, 4) is 0 Å². The second-order valence-electron chi connectivity index (χ2n) is 6.56. The van der Waals surface area contributed by atoms with Crippen molar-refractivity contribution in [3.63, 3.8) is 0 Å². The van der Waals surface area contributed by atoms with Crippen LogP contribution >= 0.6 is 0 Å². The molecule has 2 aromatic rings. The van der Waals surface area contributed by atoms with E-state index in [9.17, 15) is 19.7 Å². The second kappa shape index (κ2) is 7.99. The quantitative estimate of drug-likeness (QED) is 0.489. The van der Waals surface area contributed by atoms with E-state index in [0.29, 0.717) is 16.9 Å². The van der Waals surface area contributed by atoms with Crippen LogP contribution in [0.2, 0.25) is 0 Å². The number of rotatable bonds is 5. The third-order valence-electron chi connectivity index (χ3n) is 4.69. The molecular weight excluding hydrogens is 346 g/mol. The van der Waals surface area contributed by atoms with E-state index < -0.39 is 10.8 Å². The summed E-state index contributed by atoms with van der Waals surface area (Å²) >= 11 is 0. The van der Waals surface area contributed by atoms with Crippen LogP contribution in [0.5, 0.6) is 0 Å². The molecule has 2 aromatic carbocycles. The van der Waals surface area contributed by atoms with Gasteiger partial charge in [-0.2, -0.15) is 0 Å². The number of carbonyl (C=O) groups excluding carboxylic acids is 2. The summed E-state index contributed by atoms with van der Waals surface area (Å²) in [6.07, 6.45) is 3.13. The normalized spacial score (nSPS) is 13.9. The maximum atomic E-state index is 12.6. The lowest BCUT2D eigenvalue weighted by Crippen LogP contribution is -2.30. The van der Waals surface area contributed by atoms with E-state index in [1.54, 1.807) is 36.4 Å². The Morgan fingerprint density at radius 2 is 1.78 bits per heavy atom. The lowest BCUT2D eigenvalue weighted by atomic mass is 10.1. The van der Waals surface area contributed by atoms with Crippen molar-refractivity contribution in [1.29, 1.82) is 0 Å². The topological polar surface area (TPSA) is 92.6 Å². The molecule has 1 saturated heterocycles. The number of hydrogen-bond donors (Lipinski definition) is 1. The number of Topliss-reactive ketones (excluding diaryl/α,β-unsaturated/α-hetero) is 1. The SMILES string of the molecule is CC(=O)c1ccccc1NC(=O)c1ccc(N2CCCCC2)c([N+](=O)[O-])c1. The number of piperidine rings is 1. The fourth-order valence-corrected chi connectivity index (χ4v) is 3.31. The van der Waals surface area contributed by atoms with Crippen molar-refractivity contribution in [3.05, 3.63) is 63.7 Å². The van der Waals surface area contributed by atoms with Gasteiger partial charge in [-0.1, -0.05) is 12.1 Å². The molecule has 1 aliphatic heterocycles. The third kappa shape index (κ3) is 4.13. The molecule has 1 aliphatic rings. The number of nitrogens with zero attached hydrogens (tertiary/aromatic N) is 2. The van der Waals surface area contributed by atoms with Crippen LogP contribution in [0.25, 0.3) is 0 Å². The Kier molecular flexibility index (Phi) is 5.49. The Morgan fingerprint density at radius 3 is 2.44 bits per heavy atom. The Balaban J connectivity index is 1.88. The van der Waals surface area contributed by atoms with E-state index in [4.69, 9.17) is 0 Å². The predicted molar refractivity (Wildman–Crippen MR) is 104 cm³/mol. The van der Waals surface area contributed by atoms with Crippen LogP contribution in [0.3, 0.4) is 0 Å². The lowest BCUT2D eigenvalue weighted by molar-refractivity contribution is -0.384. The molecule has 7 heteroatoms. The smallest absolute Gasteiger partial charge is 0.293 e. The molecule has 140 valence electrons. The van der Waals surface area contributed by atoms with Crippen molar-refractivity contribution >= 4 is 28.8 Å². The molecule has 1 heterocycles. The van der Waals surface area contributed by atoms with Gasteiger partial charge in [0.15, 0.2) is 5.78 Å². The van der Waals surface area contributed by atoms with Gasteiger partial charge in [0.2, 0.25) is 0 Å². The monoisotopic (exact) mass is 367 g/mol. The van der Waals surface area contributed by atoms with E-state index in [2.05, 4.69) is 5.32 Å². The summed E-state index contributed by atoms with van der Waals surface area (Å²) in [7, 11) is 0. The van der Waals surface area contributed by atoms with Crippen LogP contribution in [0.4, 0.5) is 17.1 Å². The molecule has 0 aliphatic carbocycles. The fraction of sp³-hybridized carbons (Fsp3) is 0.300. The van der Waals surface area contributed by atoms with Gasteiger partial charge in [-0.3, -0.25) is 19.7 Å². The van der Waals surface area contributed by atoms with Gasteiger partial charge in [0.05, 0.1) is 10.6 Å². The van der Waals surface area contributed by atoms with Gasteiger partial charge in [0.25, 0.3) is 11.6 Å². The molecule has 0 spiro atoms. The first-order valence-corrected chi connectivity index (χ1v) is 8.92. The van der Waals surface area contributed by atoms with Gasteiger partial charge >= 0.3 is 0 Å². The van der Waals surface area contributed by atoms with E-state index in [1.165, 1.54) is 13.0 Å². The van der Waals surface area contributed by atoms with Crippen molar-refractivity contribution in [2.75, 3.05) is 23.3 Å². The van der Waals surface area contributed by atoms with Crippen LogP contribution in [0.15, 0.2) is 42.5 Å². The van der Waals surface area contributed by atoms with Gasteiger partial charge < -0.3 is 10.2 Å². The number of nitro groups is 1. The first-order chi connectivity index (χ1) is 13.0. The minimum atomic E-state index is -0.489. The number of para-hydroxylation sites is 1. The maximum absolute atomic E-state index is 12.6. The molecule has 0 saturated carbocycles. The van der Waals surface area contributed by atoms with Gasteiger partial charge in [0.1, 0.15) is 5.69 Å². The average molecular weight is 367 g/mol. The van der Waals surface area contributed by atoms with Crippen molar-refractivity contribution < 1.29 is 14.5 Å². The Labute approximate surface area is 157 Å². The number of benzene rings is 2. The first-order valence-electron chi connectivity index (χ1n) is 8.92. The largest absolute Gasteiger partial charge is 0.366 e. The molecule has 27 heavy (non-hydrogen) atoms. The second-order valence-corrected chi connectivity index (χ2v) is 6.56. The number of nitrogens with one attached hydrogen (secondary N) is 1. The summed E-state index contributed by atoms with van der Waals surface area (Å²) in [5, 5.41) is 14.2. The molecule has 0 radical (unpaired) electrons. The zero-order chi connectivity index (χ0) is 19.4. The van der Waals surface area contributed by atoms with Crippen LogP contribution in [-0.2, 0) is 0 Å². The highest BCUT2D eigenvalue weighted by molar-refractivity contribution is 6.09. The van der Waals surface area contributed by atoms with Gasteiger partial charge in [-0.25, -0.2) is 0 Å². The molecule has 0 atom stereocenters. The Hall–Kier alpha value is -3.22. The molecule has 0 bridgehead atoms. The molecule has 7 nitrogen and oxygen atoms in total. The standard InChI is InChI=1S/C20H21N3O4/c1-14(24)16-7-3-4-8-17(16)21-20(25)15-9-10-18(19(13-15)23(26)27)22-11-5-2-6-12-22/h3-4,7-10,13H,2,5-6,11-12H2,1H3,(H,21,25). The van der Waals surface area contributed by atoms with E-state index in [-0.39, 0.29) is 17.0 Å². The van der Waals surface area contributed by atoms with E-state index in [0.717, 1.165) is 32.4 Å². The fourth-order valence-electron chi connectivity index (χ4n) is 3.31. The zero-order valence-electron chi connectivity index (χ0n) is 15.1. The van der Waals surface area contributed by atoms with E-state index >= 15 is 0 Å². The number of carbonyl (C=O) groups is 2.